The van der Waals surface area contributed by atoms with E-state index in [1.54, 1.807) is 4.90 Å². The van der Waals surface area contributed by atoms with Crippen molar-refractivity contribution in [3.8, 4) is 0 Å². The van der Waals surface area contributed by atoms with Crippen molar-refractivity contribution in [2.75, 3.05) is 32.7 Å². The summed E-state index contributed by atoms with van der Waals surface area (Å²) in [6.45, 7) is 0.765. The highest BCUT2D eigenvalue weighted by atomic mass is 19.4. The maximum absolute atomic E-state index is 12.8. The lowest BCUT2D eigenvalue weighted by atomic mass is 9.71. The van der Waals surface area contributed by atoms with Crippen LogP contribution < -0.4 is 0 Å². The lowest BCUT2D eigenvalue weighted by molar-refractivity contribution is -0.158. The molecule has 1 N–H and O–H groups in total. The molecule has 1 aliphatic carbocycles. The van der Waals surface area contributed by atoms with E-state index in [0.717, 1.165) is 25.7 Å². The van der Waals surface area contributed by atoms with Gasteiger partial charge >= 0.3 is 6.18 Å². The first kappa shape index (κ1) is 18.0. The predicted molar refractivity (Wildman–Crippen MR) is 83.3 cm³/mol. The number of alkyl halides is 3. The van der Waals surface area contributed by atoms with E-state index in [2.05, 4.69) is 0 Å². The molecular formula is C17H27F3N2O2. The minimum Gasteiger partial charge on any atom is -0.389 e. The predicted octanol–water partition coefficient (Wildman–Crippen LogP) is 2.41. The smallest absolute Gasteiger partial charge is 0.389 e. The van der Waals surface area contributed by atoms with Gasteiger partial charge < -0.3 is 10.0 Å². The van der Waals surface area contributed by atoms with Crippen LogP contribution in [0.4, 0.5) is 13.2 Å². The van der Waals surface area contributed by atoms with Crippen molar-refractivity contribution in [2.45, 2.75) is 56.7 Å². The summed E-state index contributed by atoms with van der Waals surface area (Å²) >= 11 is 0. The number of halogens is 3. The summed E-state index contributed by atoms with van der Waals surface area (Å²) in [6, 6.07) is 0. The van der Waals surface area contributed by atoms with Crippen molar-refractivity contribution in [1.29, 1.82) is 0 Å². The highest BCUT2D eigenvalue weighted by Crippen LogP contribution is 2.40. The van der Waals surface area contributed by atoms with Gasteiger partial charge in [0.2, 0.25) is 5.91 Å². The van der Waals surface area contributed by atoms with Crippen LogP contribution in [0.3, 0.4) is 0 Å². The maximum atomic E-state index is 12.8. The SMILES string of the molecule is O=C(C1CCCN(CC(F)(F)F)C1)N1CCC2(O)CCCCC2C1. The Balaban J connectivity index is 1.58. The molecule has 3 aliphatic rings. The second-order valence-corrected chi connectivity index (χ2v) is 7.77. The monoisotopic (exact) mass is 348 g/mol. The van der Waals surface area contributed by atoms with Crippen LogP contribution >= 0.6 is 0 Å². The van der Waals surface area contributed by atoms with E-state index < -0.39 is 18.3 Å². The zero-order chi connectivity index (χ0) is 17.4. The van der Waals surface area contributed by atoms with E-state index in [0.29, 0.717) is 38.9 Å². The Labute approximate surface area is 141 Å². The molecule has 24 heavy (non-hydrogen) atoms. The number of piperidine rings is 2. The number of amides is 1. The number of likely N-dealkylation sites (tertiary alicyclic amines) is 2. The van der Waals surface area contributed by atoms with Gasteiger partial charge in [-0.3, -0.25) is 9.69 Å². The summed E-state index contributed by atoms with van der Waals surface area (Å²) in [5.41, 5.74) is -0.635. The summed E-state index contributed by atoms with van der Waals surface area (Å²) in [5, 5.41) is 10.7. The van der Waals surface area contributed by atoms with Crippen molar-refractivity contribution in [3.63, 3.8) is 0 Å². The molecule has 0 bridgehead atoms. The molecular weight excluding hydrogens is 321 g/mol. The zero-order valence-electron chi connectivity index (χ0n) is 14.0. The highest BCUT2D eigenvalue weighted by molar-refractivity contribution is 5.79. The summed E-state index contributed by atoms with van der Waals surface area (Å²) in [6.07, 6.45) is 1.55. The van der Waals surface area contributed by atoms with Crippen molar-refractivity contribution in [3.05, 3.63) is 0 Å². The van der Waals surface area contributed by atoms with Crippen molar-refractivity contribution >= 4 is 5.91 Å². The third kappa shape index (κ3) is 4.04. The molecule has 138 valence electrons. The minimum absolute atomic E-state index is 0.0190. The molecule has 2 saturated heterocycles. The number of fused-ring (bicyclic) bond motifs is 1. The lowest BCUT2D eigenvalue weighted by Gasteiger charge is -2.48. The van der Waals surface area contributed by atoms with Gasteiger partial charge in [0.15, 0.2) is 0 Å². The Bertz CT molecular complexity index is 471. The zero-order valence-corrected chi connectivity index (χ0v) is 14.0. The molecule has 3 atom stereocenters. The molecule has 2 aliphatic heterocycles. The lowest BCUT2D eigenvalue weighted by Crippen LogP contribution is -2.56. The largest absolute Gasteiger partial charge is 0.401 e. The third-order valence-corrected chi connectivity index (χ3v) is 6.00. The Morgan fingerprint density at radius 3 is 2.62 bits per heavy atom. The summed E-state index contributed by atoms with van der Waals surface area (Å²) in [7, 11) is 0. The number of rotatable bonds is 2. The Hall–Kier alpha value is -0.820. The summed E-state index contributed by atoms with van der Waals surface area (Å²) in [4.78, 5) is 15.9. The number of hydrogen-bond acceptors (Lipinski definition) is 3. The van der Waals surface area contributed by atoms with Gasteiger partial charge in [0.25, 0.3) is 0 Å². The third-order valence-electron chi connectivity index (χ3n) is 6.00. The van der Waals surface area contributed by atoms with Crippen LogP contribution in [-0.2, 0) is 4.79 Å². The fraction of sp³-hybridized carbons (Fsp3) is 0.941. The molecule has 1 amide bonds. The van der Waals surface area contributed by atoms with Gasteiger partial charge in [0.05, 0.1) is 18.1 Å². The van der Waals surface area contributed by atoms with E-state index >= 15 is 0 Å². The Morgan fingerprint density at radius 1 is 1.08 bits per heavy atom. The van der Waals surface area contributed by atoms with E-state index in [-0.39, 0.29) is 24.3 Å². The van der Waals surface area contributed by atoms with Crippen LogP contribution in [0.1, 0.15) is 44.9 Å². The van der Waals surface area contributed by atoms with Crippen molar-refractivity contribution in [2.24, 2.45) is 11.8 Å². The molecule has 0 aromatic heterocycles. The highest BCUT2D eigenvalue weighted by Gasteiger charge is 2.45. The molecule has 2 heterocycles. The fourth-order valence-corrected chi connectivity index (χ4v) is 4.68. The van der Waals surface area contributed by atoms with Crippen molar-refractivity contribution < 1.29 is 23.1 Å². The van der Waals surface area contributed by atoms with Crippen LogP contribution in [0.2, 0.25) is 0 Å². The number of carbonyl (C=O) groups excluding carboxylic acids is 1. The number of hydrogen-bond donors (Lipinski definition) is 1. The summed E-state index contributed by atoms with van der Waals surface area (Å²) < 4.78 is 37.8. The standard InChI is InChI=1S/C17H27F3N2O2/c18-17(19,20)12-21-8-3-4-13(10-21)15(23)22-9-7-16(24)6-2-1-5-14(16)11-22/h13-14,24H,1-12H2. The second-order valence-electron chi connectivity index (χ2n) is 7.77. The Kier molecular flexibility index (Phi) is 5.12. The molecule has 3 unspecified atom stereocenters. The molecule has 4 nitrogen and oxygen atoms in total. The van der Waals surface area contributed by atoms with Crippen molar-refractivity contribution in [1.82, 2.24) is 9.80 Å². The molecule has 0 radical (unpaired) electrons. The van der Waals surface area contributed by atoms with E-state index in [9.17, 15) is 23.1 Å². The van der Waals surface area contributed by atoms with E-state index in [1.165, 1.54) is 4.90 Å². The van der Waals surface area contributed by atoms with Gasteiger partial charge in [-0.1, -0.05) is 12.8 Å². The van der Waals surface area contributed by atoms with Crippen LogP contribution in [0.5, 0.6) is 0 Å². The average Bonchev–Trinajstić information content (AvgIpc) is 2.52. The van der Waals surface area contributed by atoms with Crippen LogP contribution in [-0.4, -0.2) is 65.3 Å². The number of nitrogens with zero attached hydrogens (tertiary/aromatic N) is 2. The van der Waals surface area contributed by atoms with Gasteiger partial charge in [-0.2, -0.15) is 13.2 Å². The topological polar surface area (TPSA) is 43.8 Å². The van der Waals surface area contributed by atoms with Gasteiger partial charge in [-0.15, -0.1) is 0 Å². The quantitative estimate of drug-likeness (QED) is 0.833. The summed E-state index contributed by atoms with van der Waals surface area (Å²) in [5.74, 6) is -0.232. The van der Waals surface area contributed by atoms with E-state index in [4.69, 9.17) is 0 Å². The molecule has 1 saturated carbocycles. The second kappa shape index (κ2) is 6.83. The molecule has 0 aromatic carbocycles. The molecule has 0 aromatic rings. The van der Waals surface area contributed by atoms with E-state index in [1.807, 2.05) is 0 Å². The average molecular weight is 348 g/mol. The first-order chi connectivity index (χ1) is 11.3. The number of carbonyl (C=O) groups is 1. The van der Waals surface area contributed by atoms with Crippen LogP contribution in [0.15, 0.2) is 0 Å². The molecule has 0 spiro atoms. The van der Waals surface area contributed by atoms with Gasteiger partial charge in [0, 0.05) is 25.6 Å². The number of aliphatic hydroxyl groups is 1. The maximum Gasteiger partial charge on any atom is 0.401 e. The molecule has 7 heteroatoms. The first-order valence-corrected chi connectivity index (χ1v) is 9.07. The van der Waals surface area contributed by atoms with Crippen LogP contribution in [0, 0.1) is 11.8 Å². The van der Waals surface area contributed by atoms with Gasteiger partial charge in [-0.25, -0.2) is 0 Å². The van der Waals surface area contributed by atoms with Crippen LogP contribution in [0.25, 0.3) is 0 Å². The van der Waals surface area contributed by atoms with Gasteiger partial charge in [0.1, 0.15) is 0 Å². The molecule has 3 rings (SSSR count). The Morgan fingerprint density at radius 2 is 1.88 bits per heavy atom. The fourth-order valence-electron chi connectivity index (χ4n) is 4.68. The normalized spacial score (nSPS) is 35.6. The first-order valence-electron chi connectivity index (χ1n) is 9.07. The van der Waals surface area contributed by atoms with Gasteiger partial charge in [-0.05, 0) is 38.6 Å². The molecule has 3 fully saturated rings. The minimum atomic E-state index is -4.21.